The first-order valence-electron chi connectivity index (χ1n) is 7.49. The van der Waals surface area contributed by atoms with E-state index in [1.54, 1.807) is 0 Å². The summed E-state index contributed by atoms with van der Waals surface area (Å²) >= 11 is 0. The Hall–Kier alpha value is -2.21. The van der Waals surface area contributed by atoms with Gasteiger partial charge in [-0.2, -0.15) is 4.80 Å². The Kier molecular flexibility index (Phi) is 5.27. The first-order valence-corrected chi connectivity index (χ1v) is 7.49. The molecule has 0 spiro atoms. The third kappa shape index (κ3) is 3.71. The summed E-state index contributed by atoms with van der Waals surface area (Å²) in [5, 5.41) is 20.6. The molecule has 1 aromatic carbocycles. The lowest BCUT2D eigenvalue weighted by atomic mass is 10.2. The number of hydrogen-bond donors (Lipinski definition) is 2. The van der Waals surface area contributed by atoms with Crippen LogP contribution in [-0.2, 0) is 13.0 Å². The normalized spacial score (nSPS) is 11.0. The van der Waals surface area contributed by atoms with Crippen molar-refractivity contribution in [3.8, 4) is 5.69 Å². The highest BCUT2D eigenvalue weighted by molar-refractivity contribution is 5.93. The molecule has 22 heavy (non-hydrogen) atoms. The number of hydrogen-bond acceptors (Lipinski definition) is 4. The van der Waals surface area contributed by atoms with Crippen LogP contribution in [0.1, 0.15) is 42.5 Å². The number of benzene rings is 1. The summed E-state index contributed by atoms with van der Waals surface area (Å²) < 4.78 is 0. The van der Waals surface area contributed by atoms with Crippen molar-refractivity contribution in [3.05, 3.63) is 41.2 Å². The van der Waals surface area contributed by atoms with E-state index in [1.165, 1.54) is 10.4 Å². The van der Waals surface area contributed by atoms with E-state index in [9.17, 15) is 9.90 Å². The topological polar surface area (TPSA) is 80.0 Å². The molecule has 0 unspecified atom stereocenters. The molecule has 0 saturated heterocycles. The van der Waals surface area contributed by atoms with E-state index >= 15 is 0 Å². The average Bonchev–Trinajstić information content (AvgIpc) is 2.97. The number of nitrogens with zero attached hydrogens (tertiary/aromatic N) is 3. The largest absolute Gasteiger partial charge is 0.390 e. The van der Waals surface area contributed by atoms with Crippen molar-refractivity contribution in [2.75, 3.05) is 6.54 Å². The van der Waals surface area contributed by atoms with Crippen LogP contribution in [0.5, 0.6) is 0 Å². The third-order valence-electron chi connectivity index (χ3n) is 3.29. The van der Waals surface area contributed by atoms with Crippen molar-refractivity contribution >= 4 is 5.91 Å². The molecule has 0 fully saturated rings. The first-order chi connectivity index (χ1) is 10.5. The van der Waals surface area contributed by atoms with Crippen molar-refractivity contribution in [3.63, 3.8) is 0 Å². The second-order valence-corrected chi connectivity index (χ2v) is 5.57. The maximum atomic E-state index is 12.1. The predicted octanol–water partition coefficient (Wildman–Crippen LogP) is 1.71. The molecule has 118 valence electrons. The second-order valence-electron chi connectivity index (χ2n) is 5.57. The van der Waals surface area contributed by atoms with Gasteiger partial charge in [-0.3, -0.25) is 4.79 Å². The van der Waals surface area contributed by atoms with E-state index in [0.29, 0.717) is 12.5 Å². The fourth-order valence-corrected chi connectivity index (χ4v) is 1.98. The minimum absolute atomic E-state index is 0.169. The van der Waals surface area contributed by atoms with Crippen molar-refractivity contribution < 1.29 is 9.90 Å². The third-order valence-corrected chi connectivity index (χ3v) is 3.29. The Morgan fingerprint density at radius 1 is 1.27 bits per heavy atom. The SMILES string of the molecule is CCc1ccc(-n2nc(CO)c(C(=O)NCC(C)C)n2)cc1. The number of aromatic nitrogens is 3. The molecule has 0 aliphatic heterocycles. The zero-order chi connectivity index (χ0) is 16.1. The van der Waals surface area contributed by atoms with Crippen LogP contribution in [0.3, 0.4) is 0 Å². The number of carbonyl (C=O) groups is 1. The summed E-state index contributed by atoms with van der Waals surface area (Å²) in [6.45, 7) is 6.35. The molecule has 1 amide bonds. The van der Waals surface area contributed by atoms with E-state index in [2.05, 4.69) is 22.4 Å². The van der Waals surface area contributed by atoms with Crippen LogP contribution in [0.15, 0.2) is 24.3 Å². The summed E-state index contributed by atoms with van der Waals surface area (Å²) in [6, 6.07) is 7.79. The van der Waals surface area contributed by atoms with Gasteiger partial charge in [0.05, 0.1) is 12.3 Å². The molecule has 2 rings (SSSR count). The van der Waals surface area contributed by atoms with E-state index in [-0.39, 0.29) is 23.9 Å². The Morgan fingerprint density at radius 3 is 2.50 bits per heavy atom. The van der Waals surface area contributed by atoms with Crippen LogP contribution in [0, 0.1) is 5.92 Å². The molecule has 2 N–H and O–H groups in total. The Morgan fingerprint density at radius 2 is 1.95 bits per heavy atom. The lowest BCUT2D eigenvalue weighted by Crippen LogP contribution is -2.28. The molecule has 6 nitrogen and oxygen atoms in total. The zero-order valence-electron chi connectivity index (χ0n) is 13.2. The Balaban J connectivity index is 2.25. The number of aliphatic hydroxyl groups is 1. The predicted molar refractivity (Wildman–Crippen MR) is 83.8 cm³/mol. The zero-order valence-corrected chi connectivity index (χ0v) is 13.2. The standard InChI is InChI=1S/C16H22N4O2/c1-4-12-5-7-13(8-6-12)20-18-14(10-21)15(19-20)16(22)17-9-11(2)3/h5-8,11,21H,4,9-10H2,1-3H3,(H,17,22). The molecule has 0 atom stereocenters. The lowest BCUT2D eigenvalue weighted by molar-refractivity contribution is 0.0940. The minimum Gasteiger partial charge on any atom is -0.390 e. The van der Waals surface area contributed by atoms with Gasteiger partial charge >= 0.3 is 0 Å². The Labute approximate surface area is 130 Å². The number of rotatable bonds is 6. The molecule has 6 heteroatoms. The maximum absolute atomic E-state index is 12.1. The van der Waals surface area contributed by atoms with Gasteiger partial charge in [0.1, 0.15) is 5.69 Å². The fourth-order valence-electron chi connectivity index (χ4n) is 1.98. The van der Waals surface area contributed by atoms with Crippen molar-refractivity contribution in [1.82, 2.24) is 20.3 Å². The molecule has 0 radical (unpaired) electrons. The quantitative estimate of drug-likeness (QED) is 0.851. The molecule has 0 bridgehead atoms. The van der Waals surface area contributed by atoms with E-state index in [1.807, 2.05) is 38.1 Å². The summed E-state index contributed by atoms with van der Waals surface area (Å²) in [6.07, 6.45) is 0.956. The minimum atomic E-state index is -0.322. The number of nitrogens with one attached hydrogen (secondary N) is 1. The van der Waals surface area contributed by atoms with E-state index in [4.69, 9.17) is 0 Å². The molecule has 0 aliphatic rings. The second kappa shape index (κ2) is 7.17. The summed E-state index contributed by atoms with van der Waals surface area (Å²) in [5.41, 5.74) is 2.42. The van der Waals surface area contributed by atoms with Gasteiger partial charge in [0, 0.05) is 6.54 Å². The van der Waals surface area contributed by atoms with Crippen LogP contribution in [-0.4, -0.2) is 32.6 Å². The van der Waals surface area contributed by atoms with Gasteiger partial charge in [-0.25, -0.2) is 0 Å². The van der Waals surface area contributed by atoms with Crippen molar-refractivity contribution in [2.45, 2.75) is 33.8 Å². The monoisotopic (exact) mass is 302 g/mol. The molecule has 1 aromatic heterocycles. The number of carbonyl (C=O) groups excluding carboxylic acids is 1. The number of aryl methyl sites for hydroxylation is 1. The van der Waals surface area contributed by atoms with Crippen molar-refractivity contribution in [2.24, 2.45) is 5.92 Å². The van der Waals surface area contributed by atoms with Crippen LogP contribution < -0.4 is 5.32 Å². The summed E-state index contributed by atoms with van der Waals surface area (Å²) in [4.78, 5) is 13.5. The number of aliphatic hydroxyl groups excluding tert-OH is 1. The fraction of sp³-hybridized carbons (Fsp3) is 0.438. The van der Waals surface area contributed by atoms with Crippen molar-refractivity contribution in [1.29, 1.82) is 0 Å². The van der Waals surface area contributed by atoms with Crippen LogP contribution >= 0.6 is 0 Å². The van der Waals surface area contributed by atoms with Gasteiger partial charge in [-0.05, 0) is 30.0 Å². The lowest BCUT2D eigenvalue weighted by Gasteiger charge is -2.05. The van der Waals surface area contributed by atoms with Gasteiger partial charge in [0.25, 0.3) is 5.91 Å². The highest BCUT2D eigenvalue weighted by Crippen LogP contribution is 2.11. The first kappa shape index (κ1) is 16.2. The molecule has 2 aromatic rings. The van der Waals surface area contributed by atoms with E-state index in [0.717, 1.165) is 12.1 Å². The number of amides is 1. The van der Waals surface area contributed by atoms with Gasteiger partial charge in [0.2, 0.25) is 0 Å². The van der Waals surface area contributed by atoms with Crippen LogP contribution in [0.2, 0.25) is 0 Å². The van der Waals surface area contributed by atoms with Gasteiger partial charge < -0.3 is 10.4 Å². The molecule has 1 heterocycles. The molecular formula is C16H22N4O2. The molecular weight excluding hydrogens is 280 g/mol. The highest BCUT2D eigenvalue weighted by Gasteiger charge is 2.18. The highest BCUT2D eigenvalue weighted by atomic mass is 16.3. The van der Waals surface area contributed by atoms with Crippen LogP contribution in [0.4, 0.5) is 0 Å². The van der Waals surface area contributed by atoms with Gasteiger partial charge in [0.15, 0.2) is 5.69 Å². The van der Waals surface area contributed by atoms with Gasteiger partial charge in [-0.15, -0.1) is 10.2 Å². The molecule has 0 saturated carbocycles. The smallest absolute Gasteiger partial charge is 0.273 e. The average molecular weight is 302 g/mol. The summed E-state index contributed by atoms with van der Waals surface area (Å²) in [7, 11) is 0. The van der Waals surface area contributed by atoms with Gasteiger partial charge in [-0.1, -0.05) is 32.9 Å². The molecule has 0 aliphatic carbocycles. The Bertz CT molecular complexity index is 632. The maximum Gasteiger partial charge on any atom is 0.273 e. The van der Waals surface area contributed by atoms with Crippen LogP contribution in [0.25, 0.3) is 5.69 Å². The van der Waals surface area contributed by atoms with E-state index < -0.39 is 0 Å². The summed E-state index contributed by atoms with van der Waals surface area (Å²) in [5.74, 6) is 0.0346.